The van der Waals surface area contributed by atoms with E-state index in [1.165, 1.54) is 0 Å². The number of carbonyl (C=O) groups is 2. The van der Waals surface area contributed by atoms with Crippen LogP contribution in [0.5, 0.6) is 0 Å². The monoisotopic (exact) mass is 356 g/mol. The van der Waals surface area contributed by atoms with E-state index >= 15 is 0 Å². The minimum atomic E-state index is -0.142. The molecular weight excluding hydrogens is 332 g/mol. The zero-order valence-electron chi connectivity index (χ0n) is 14.9. The van der Waals surface area contributed by atoms with Gasteiger partial charge < -0.3 is 15.5 Å². The highest BCUT2D eigenvalue weighted by atomic mass is 16.2. The van der Waals surface area contributed by atoms with Crippen molar-refractivity contribution in [2.24, 2.45) is 0 Å². The van der Waals surface area contributed by atoms with Gasteiger partial charge in [0.25, 0.3) is 0 Å². The molecule has 0 atom stereocenters. The lowest BCUT2D eigenvalue weighted by Gasteiger charge is -2.26. The van der Waals surface area contributed by atoms with Crippen molar-refractivity contribution in [1.82, 2.24) is 30.4 Å². The molecule has 8 heteroatoms. The molecule has 3 amide bonds. The summed E-state index contributed by atoms with van der Waals surface area (Å²) in [6.45, 7) is 3.77. The fourth-order valence-electron chi connectivity index (χ4n) is 2.90. The zero-order chi connectivity index (χ0) is 18.4. The lowest BCUT2D eigenvalue weighted by Crippen LogP contribution is -2.48. The average Bonchev–Trinajstić information content (AvgIpc) is 2.65. The van der Waals surface area contributed by atoms with Crippen molar-refractivity contribution in [3.05, 3.63) is 36.2 Å². The van der Waals surface area contributed by atoms with Crippen molar-refractivity contribution in [2.45, 2.75) is 13.0 Å². The maximum atomic E-state index is 12.2. The van der Waals surface area contributed by atoms with E-state index in [9.17, 15) is 9.59 Å². The lowest BCUT2D eigenvalue weighted by molar-refractivity contribution is -0.124. The van der Waals surface area contributed by atoms with Crippen LogP contribution in [0.4, 0.5) is 4.79 Å². The molecule has 0 spiro atoms. The fraction of sp³-hybridized carbons (Fsp3) is 0.444. The van der Waals surface area contributed by atoms with Gasteiger partial charge in [-0.15, -0.1) is 0 Å². The molecule has 0 saturated carbocycles. The maximum Gasteiger partial charge on any atom is 0.317 e. The number of hydrogen-bond donors (Lipinski definition) is 2. The number of rotatable bonds is 6. The average molecular weight is 356 g/mol. The Morgan fingerprint density at radius 3 is 2.96 bits per heavy atom. The number of carbonyl (C=O) groups excluding carboxylic acids is 2. The Morgan fingerprint density at radius 1 is 1.35 bits per heavy atom. The molecular formula is C18H24N6O2. The highest BCUT2D eigenvalue weighted by Crippen LogP contribution is 2.09. The summed E-state index contributed by atoms with van der Waals surface area (Å²) in [5.74, 6) is 0.0662. The largest absolute Gasteiger partial charge is 0.354 e. The number of fused-ring (bicyclic) bond motifs is 1. The number of aromatic nitrogens is 2. The Kier molecular flexibility index (Phi) is 5.96. The van der Waals surface area contributed by atoms with Gasteiger partial charge in [-0.25, -0.2) is 9.78 Å². The van der Waals surface area contributed by atoms with Crippen LogP contribution in [0, 0.1) is 0 Å². The first-order valence-corrected chi connectivity index (χ1v) is 8.80. The summed E-state index contributed by atoms with van der Waals surface area (Å²) in [6, 6.07) is 7.52. The minimum absolute atomic E-state index is 0.0662. The normalized spacial score (nSPS) is 14.9. The minimum Gasteiger partial charge on any atom is -0.354 e. The van der Waals surface area contributed by atoms with Crippen molar-refractivity contribution in [2.75, 3.05) is 39.8 Å². The third kappa shape index (κ3) is 4.89. The van der Waals surface area contributed by atoms with Crippen LogP contribution >= 0.6 is 0 Å². The molecule has 0 unspecified atom stereocenters. The summed E-state index contributed by atoms with van der Waals surface area (Å²) in [4.78, 5) is 36.1. The van der Waals surface area contributed by atoms with Gasteiger partial charge >= 0.3 is 6.03 Å². The molecule has 3 rings (SSSR count). The molecule has 1 aromatic carbocycles. The first-order valence-electron chi connectivity index (χ1n) is 8.80. The third-order valence-corrected chi connectivity index (χ3v) is 4.29. The van der Waals surface area contributed by atoms with E-state index in [4.69, 9.17) is 0 Å². The van der Waals surface area contributed by atoms with Gasteiger partial charge in [-0.3, -0.25) is 14.7 Å². The third-order valence-electron chi connectivity index (χ3n) is 4.29. The predicted octanol–water partition coefficient (Wildman–Crippen LogP) is 0.593. The highest BCUT2D eigenvalue weighted by Gasteiger charge is 2.15. The summed E-state index contributed by atoms with van der Waals surface area (Å²) in [7, 11) is 1.74. The number of piperazine rings is 1. The summed E-state index contributed by atoms with van der Waals surface area (Å²) < 4.78 is 0. The first kappa shape index (κ1) is 18.1. The van der Waals surface area contributed by atoms with Gasteiger partial charge in [-0.2, -0.15) is 0 Å². The second kappa shape index (κ2) is 8.57. The van der Waals surface area contributed by atoms with Gasteiger partial charge in [-0.1, -0.05) is 12.1 Å². The number of nitrogens with zero attached hydrogens (tertiary/aromatic N) is 4. The first-order chi connectivity index (χ1) is 12.6. The second-order valence-electron chi connectivity index (χ2n) is 6.42. The Labute approximate surface area is 152 Å². The van der Waals surface area contributed by atoms with E-state index in [2.05, 4.69) is 25.5 Å². The van der Waals surface area contributed by atoms with Crippen LogP contribution in [0.25, 0.3) is 11.0 Å². The van der Waals surface area contributed by atoms with E-state index in [0.29, 0.717) is 26.2 Å². The van der Waals surface area contributed by atoms with E-state index in [1.54, 1.807) is 18.1 Å². The fourth-order valence-corrected chi connectivity index (χ4v) is 2.90. The molecule has 1 aliphatic rings. The molecule has 8 nitrogen and oxygen atoms in total. The number of benzene rings is 1. The van der Waals surface area contributed by atoms with Crippen molar-refractivity contribution < 1.29 is 9.59 Å². The topological polar surface area (TPSA) is 90.5 Å². The molecule has 1 aromatic heterocycles. The van der Waals surface area contributed by atoms with E-state index in [1.807, 2.05) is 24.3 Å². The van der Waals surface area contributed by atoms with Crippen LogP contribution in [-0.4, -0.2) is 71.5 Å². The summed E-state index contributed by atoms with van der Waals surface area (Å²) in [5.41, 5.74) is 2.42. The molecule has 138 valence electrons. The van der Waals surface area contributed by atoms with Crippen LogP contribution < -0.4 is 10.6 Å². The predicted molar refractivity (Wildman–Crippen MR) is 98.5 cm³/mol. The Balaban J connectivity index is 1.41. The zero-order valence-corrected chi connectivity index (χ0v) is 14.9. The van der Waals surface area contributed by atoms with Crippen LogP contribution in [0.2, 0.25) is 0 Å². The van der Waals surface area contributed by atoms with Crippen molar-refractivity contribution >= 4 is 23.0 Å². The van der Waals surface area contributed by atoms with Crippen LogP contribution in [0.3, 0.4) is 0 Å². The molecule has 2 heterocycles. The maximum absolute atomic E-state index is 12.2. The van der Waals surface area contributed by atoms with Gasteiger partial charge in [-0.05, 0) is 18.6 Å². The van der Waals surface area contributed by atoms with Gasteiger partial charge in [0.05, 0.1) is 36.0 Å². The van der Waals surface area contributed by atoms with Gasteiger partial charge in [0.2, 0.25) is 5.91 Å². The van der Waals surface area contributed by atoms with E-state index < -0.39 is 0 Å². The SMILES string of the molecule is CN(Cc1cnc2ccccc2n1)C(=O)NCCCN1CCNC(=O)C1. The molecule has 26 heavy (non-hydrogen) atoms. The Bertz CT molecular complexity index is 781. The smallest absolute Gasteiger partial charge is 0.317 e. The van der Waals surface area contributed by atoms with Gasteiger partial charge in [0.1, 0.15) is 0 Å². The van der Waals surface area contributed by atoms with Crippen molar-refractivity contribution in [3.63, 3.8) is 0 Å². The van der Waals surface area contributed by atoms with Crippen LogP contribution in [0.1, 0.15) is 12.1 Å². The number of para-hydroxylation sites is 2. The quantitative estimate of drug-likeness (QED) is 0.740. The van der Waals surface area contributed by atoms with Crippen LogP contribution in [-0.2, 0) is 11.3 Å². The molecule has 1 aliphatic heterocycles. The summed E-state index contributed by atoms with van der Waals surface area (Å²) >= 11 is 0. The molecule has 2 aromatic rings. The summed E-state index contributed by atoms with van der Waals surface area (Å²) in [6.07, 6.45) is 2.51. The van der Waals surface area contributed by atoms with Gasteiger partial charge in [0, 0.05) is 33.2 Å². The summed E-state index contributed by atoms with van der Waals surface area (Å²) in [5, 5.41) is 5.70. The number of urea groups is 1. The van der Waals surface area contributed by atoms with E-state index in [-0.39, 0.29) is 11.9 Å². The van der Waals surface area contributed by atoms with Gasteiger partial charge in [0.15, 0.2) is 0 Å². The Hall–Kier alpha value is -2.74. The van der Waals surface area contributed by atoms with Crippen molar-refractivity contribution in [1.29, 1.82) is 0 Å². The standard InChI is InChI=1S/C18H24N6O2/c1-23(12-14-11-21-15-5-2-3-6-16(15)22-14)18(26)20-7-4-9-24-10-8-19-17(25)13-24/h2-3,5-6,11H,4,7-10,12-13H2,1H3,(H,19,25)(H,20,26). The molecule has 0 aliphatic carbocycles. The second-order valence-corrected chi connectivity index (χ2v) is 6.42. The molecule has 0 radical (unpaired) electrons. The number of nitrogens with one attached hydrogen (secondary N) is 2. The number of amides is 3. The molecule has 1 saturated heterocycles. The lowest BCUT2D eigenvalue weighted by atomic mass is 10.3. The van der Waals surface area contributed by atoms with Crippen LogP contribution in [0.15, 0.2) is 30.5 Å². The highest BCUT2D eigenvalue weighted by molar-refractivity contribution is 5.78. The number of hydrogen-bond acceptors (Lipinski definition) is 5. The van der Waals surface area contributed by atoms with Crippen molar-refractivity contribution in [3.8, 4) is 0 Å². The molecule has 1 fully saturated rings. The molecule has 0 bridgehead atoms. The Morgan fingerprint density at radius 2 is 2.15 bits per heavy atom. The van der Waals surface area contributed by atoms with E-state index in [0.717, 1.165) is 36.2 Å². The molecule has 2 N–H and O–H groups in total.